The fourth-order valence-corrected chi connectivity index (χ4v) is 6.17. The molecule has 1 amide bonds. The number of piperidine rings is 1. The molecular formula is C30H40N4O4. The number of aromatic nitrogens is 1. The summed E-state index contributed by atoms with van der Waals surface area (Å²) in [6.07, 6.45) is 5.80. The average Bonchev–Trinajstić information content (AvgIpc) is 3.39. The van der Waals surface area contributed by atoms with Crippen LogP contribution in [0.2, 0.25) is 0 Å². The van der Waals surface area contributed by atoms with Gasteiger partial charge in [0.25, 0.3) is 0 Å². The van der Waals surface area contributed by atoms with Crippen LogP contribution in [0.15, 0.2) is 36.4 Å². The number of para-hydroxylation sites is 1. The molecule has 0 aliphatic carbocycles. The van der Waals surface area contributed by atoms with Gasteiger partial charge in [-0.2, -0.15) is 0 Å². The van der Waals surface area contributed by atoms with Crippen molar-refractivity contribution in [1.82, 2.24) is 14.8 Å². The van der Waals surface area contributed by atoms with E-state index < -0.39 is 12.0 Å². The lowest BCUT2D eigenvalue weighted by atomic mass is 9.91. The Morgan fingerprint density at radius 3 is 2.66 bits per heavy atom. The van der Waals surface area contributed by atoms with E-state index in [1.54, 1.807) is 0 Å². The Hall–Kier alpha value is -3.13. The van der Waals surface area contributed by atoms with E-state index in [9.17, 15) is 14.7 Å². The number of amides is 1. The highest BCUT2D eigenvalue weighted by Crippen LogP contribution is 2.35. The maximum absolute atomic E-state index is 13.4. The first-order valence-electron chi connectivity index (χ1n) is 14.1. The number of aliphatic carboxylic acids is 1. The largest absolute Gasteiger partial charge is 0.491 e. The molecule has 0 radical (unpaired) electrons. The molecule has 0 bridgehead atoms. The number of fused-ring (bicyclic) bond motifs is 1. The zero-order valence-electron chi connectivity index (χ0n) is 22.6. The number of carboxylic acid groups (broad SMARTS) is 1. The number of likely N-dealkylation sites (tertiary alicyclic amines) is 2. The van der Waals surface area contributed by atoms with Crippen LogP contribution in [0.5, 0.6) is 5.75 Å². The topological polar surface area (TPSA) is 95.0 Å². The number of nitrogens with one attached hydrogen (secondary N) is 1. The summed E-state index contributed by atoms with van der Waals surface area (Å²) < 4.78 is 5.91. The molecule has 5 rings (SSSR count). The Balaban J connectivity index is 1.16. The van der Waals surface area contributed by atoms with Crippen molar-refractivity contribution in [2.45, 2.75) is 64.5 Å². The van der Waals surface area contributed by atoms with E-state index in [1.807, 2.05) is 47.9 Å². The van der Waals surface area contributed by atoms with Crippen molar-refractivity contribution in [3.8, 4) is 5.75 Å². The van der Waals surface area contributed by atoms with Gasteiger partial charge in [-0.15, -0.1) is 0 Å². The molecule has 204 valence electrons. The van der Waals surface area contributed by atoms with Gasteiger partial charge in [-0.05, 0) is 76.0 Å². The summed E-state index contributed by atoms with van der Waals surface area (Å²) in [5, 5.41) is 13.6. The lowest BCUT2D eigenvalue weighted by molar-refractivity contribution is -0.144. The second-order valence-electron chi connectivity index (χ2n) is 11.2. The van der Waals surface area contributed by atoms with Gasteiger partial charge >= 0.3 is 5.97 Å². The van der Waals surface area contributed by atoms with E-state index in [1.165, 1.54) is 5.56 Å². The smallest absolute Gasteiger partial charge is 0.325 e. The quantitative estimate of drug-likeness (QED) is 0.540. The van der Waals surface area contributed by atoms with E-state index in [4.69, 9.17) is 9.72 Å². The number of carbonyl (C=O) groups excluding carboxylic acids is 1. The summed E-state index contributed by atoms with van der Waals surface area (Å²) in [6.45, 7) is 7.42. The van der Waals surface area contributed by atoms with Gasteiger partial charge < -0.3 is 20.1 Å². The second kappa shape index (κ2) is 11.7. The van der Waals surface area contributed by atoms with Crippen LogP contribution in [0.25, 0.3) is 0 Å². The van der Waals surface area contributed by atoms with Gasteiger partial charge in [0.2, 0.25) is 5.91 Å². The Morgan fingerprint density at radius 1 is 1.11 bits per heavy atom. The summed E-state index contributed by atoms with van der Waals surface area (Å²) in [5.74, 6) is 1.26. The molecule has 4 heterocycles. The fourth-order valence-electron chi connectivity index (χ4n) is 6.17. The Labute approximate surface area is 225 Å². The minimum Gasteiger partial charge on any atom is -0.491 e. The van der Waals surface area contributed by atoms with Crippen LogP contribution >= 0.6 is 0 Å². The molecule has 3 aliphatic rings. The zero-order chi connectivity index (χ0) is 26.6. The van der Waals surface area contributed by atoms with Gasteiger partial charge in [0.1, 0.15) is 17.6 Å². The predicted molar refractivity (Wildman–Crippen MR) is 146 cm³/mol. The molecule has 2 saturated heterocycles. The van der Waals surface area contributed by atoms with Gasteiger partial charge in [0.05, 0.1) is 12.0 Å². The molecule has 0 spiro atoms. The number of nitrogens with zero attached hydrogens (tertiary/aromatic N) is 3. The summed E-state index contributed by atoms with van der Waals surface area (Å²) in [4.78, 5) is 34.6. The standard InChI is InChI=1S/C30H40N4O4/c1-20(2)38-26-8-4-3-7-25(26)27(30(36)37)34-17-13-23(19-34)29(35)33-15-11-21(12-16-33)18-24-10-9-22-6-5-14-31-28(22)32-24/h3-4,7-10,20-21,23,27H,5-6,11-19H2,1-2H3,(H,31,32)(H,36,37). The molecule has 3 aliphatic heterocycles. The van der Waals surface area contributed by atoms with Crippen LogP contribution in [0, 0.1) is 11.8 Å². The van der Waals surface area contributed by atoms with Crippen LogP contribution in [0.3, 0.4) is 0 Å². The van der Waals surface area contributed by atoms with Crippen LogP contribution in [0.4, 0.5) is 5.82 Å². The molecule has 2 atom stereocenters. The molecule has 8 nitrogen and oxygen atoms in total. The summed E-state index contributed by atoms with van der Waals surface area (Å²) in [6, 6.07) is 10.9. The number of hydrogen-bond acceptors (Lipinski definition) is 6. The molecule has 8 heteroatoms. The minimum absolute atomic E-state index is 0.0545. The normalized spacial score (nSPS) is 21.1. The maximum Gasteiger partial charge on any atom is 0.325 e. The molecule has 2 unspecified atom stereocenters. The Bertz CT molecular complexity index is 1140. The highest BCUT2D eigenvalue weighted by atomic mass is 16.5. The maximum atomic E-state index is 13.4. The molecule has 1 aromatic carbocycles. The Morgan fingerprint density at radius 2 is 1.89 bits per heavy atom. The van der Waals surface area contributed by atoms with Gasteiger partial charge in [0.15, 0.2) is 0 Å². The second-order valence-corrected chi connectivity index (χ2v) is 11.2. The van der Waals surface area contributed by atoms with Gasteiger partial charge in [-0.1, -0.05) is 24.3 Å². The Kier molecular flexibility index (Phi) is 8.17. The van der Waals surface area contributed by atoms with E-state index in [2.05, 4.69) is 17.4 Å². The van der Waals surface area contributed by atoms with Crippen molar-refractivity contribution >= 4 is 17.7 Å². The highest BCUT2D eigenvalue weighted by Gasteiger charge is 2.39. The SMILES string of the molecule is CC(C)Oc1ccccc1C(C(=O)O)N1CCC(C(=O)N2CCC(Cc3ccc4c(n3)NCCC4)CC2)C1. The van der Waals surface area contributed by atoms with Crippen LogP contribution < -0.4 is 10.1 Å². The average molecular weight is 521 g/mol. The third kappa shape index (κ3) is 5.96. The summed E-state index contributed by atoms with van der Waals surface area (Å²) >= 11 is 0. The lowest BCUT2D eigenvalue weighted by Gasteiger charge is -2.34. The van der Waals surface area contributed by atoms with E-state index in [0.29, 0.717) is 36.7 Å². The third-order valence-corrected chi connectivity index (χ3v) is 8.12. The lowest BCUT2D eigenvalue weighted by Crippen LogP contribution is -2.43. The molecule has 0 saturated carbocycles. The van der Waals surface area contributed by atoms with Crippen LogP contribution in [-0.2, 0) is 22.4 Å². The molecule has 1 aromatic heterocycles. The first-order chi connectivity index (χ1) is 18.4. The molecule has 2 aromatic rings. The molecule has 38 heavy (non-hydrogen) atoms. The monoisotopic (exact) mass is 520 g/mol. The number of anilines is 1. The first kappa shape index (κ1) is 26.5. The first-order valence-corrected chi connectivity index (χ1v) is 14.1. The van der Waals surface area contributed by atoms with Crippen molar-refractivity contribution in [3.63, 3.8) is 0 Å². The highest BCUT2D eigenvalue weighted by molar-refractivity contribution is 5.80. The summed E-state index contributed by atoms with van der Waals surface area (Å²) in [7, 11) is 0. The van der Waals surface area contributed by atoms with Crippen LogP contribution in [-0.4, -0.2) is 70.6 Å². The number of benzene rings is 1. The number of pyridine rings is 1. The number of carboxylic acids is 1. The van der Waals surface area contributed by atoms with Crippen LogP contribution in [0.1, 0.15) is 62.4 Å². The van der Waals surface area contributed by atoms with Crippen molar-refractivity contribution < 1.29 is 19.4 Å². The summed E-state index contributed by atoms with van der Waals surface area (Å²) in [5.41, 5.74) is 3.09. The van der Waals surface area contributed by atoms with E-state index in [0.717, 1.165) is 63.3 Å². The van der Waals surface area contributed by atoms with Gasteiger partial charge in [0, 0.05) is 44.0 Å². The van der Waals surface area contributed by atoms with Crippen molar-refractivity contribution in [3.05, 3.63) is 53.2 Å². The zero-order valence-corrected chi connectivity index (χ0v) is 22.6. The van der Waals surface area contributed by atoms with Crippen molar-refractivity contribution in [2.75, 3.05) is 38.0 Å². The number of carbonyl (C=O) groups is 2. The molecular weight excluding hydrogens is 480 g/mol. The predicted octanol–water partition coefficient (Wildman–Crippen LogP) is 4.16. The number of aryl methyl sites for hydroxylation is 1. The molecule has 2 fully saturated rings. The number of ether oxygens (including phenoxy) is 1. The van der Waals surface area contributed by atoms with Gasteiger partial charge in [-0.25, -0.2) is 4.98 Å². The molecule has 2 N–H and O–H groups in total. The fraction of sp³-hybridized carbons (Fsp3) is 0.567. The van der Waals surface area contributed by atoms with Gasteiger partial charge in [-0.3, -0.25) is 14.5 Å². The van der Waals surface area contributed by atoms with E-state index >= 15 is 0 Å². The number of rotatable bonds is 8. The third-order valence-electron chi connectivity index (χ3n) is 8.12. The minimum atomic E-state index is -0.912. The van der Waals surface area contributed by atoms with E-state index in [-0.39, 0.29) is 17.9 Å². The number of hydrogen-bond donors (Lipinski definition) is 2. The van der Waals surface area contributed by atoms with Crippen molar-refractivity contribution in [1.29, 1.82) is 0 Å². The van der Waals surface area contributed by atoms with Crippen molar-refractivity contribution in [2.24, 2.45) is 11.8 Å².